The van der Waals surface area contributed by atoms with Gasteiger partial charge in [0, 0.05) is 25.7 Å². The summed E-state index contributed by atoms with van der Waals surface area (Å²) in [5.74, 6) is 0.165. The van der Waals surface area contributed by atoms with Gasteiger partial charge in [-0.1, -0.05) is 31.2 Å². The molecule has 0 bridgehead atoms. The number of ether oxygens (including phenoxy) is 1. The molecule has 0 saturated carbocycles. The largest absolute Gasteiger partial charge is 0.495 e. The highest BCUT2D eigenvalue weighted by Gasteiger charge is 2.43. The summed E-state index contributed by atoms with van der Waals surface area (Å²) >= 11 is 0. The van der Waals surface area contributed by atoms with Crippen molar-refractivity contribution < 1.29 is 19.1 Å². The first-order chi connectivity index (χ1) is 15.4. The maximum absolute atomic E-state index is 13.7. The SMILES string of the molecule is COc1ccccc1N1C(=O)C(c2ccc(NC(C)=O)cc2)=C(N2CCC(C)CC2)C1=O. The van der Waals surface area contributed by atoms with Crippen LogP contribution in [0.15, 0.2) is 54.2 Å². The number of imide groups is 1. The first kappa shape index (κ1) is 21.6. The molecule has 166 valence electrons. The average Bonchev–Trinajstić information content (AvgIpc) is 3.04. The quantitative estimate of drug-likeness (QED) is 0.728. The molecule has 2 heterocycles. The summed E-state index contributed by atoms with van der Waals surface area (Å²) in [7, 11) is 1.52. The number of likely N-dealkylation sites (tertiary alicyclic amines) is 1. The summed E-state index contributed by atoms with van der Waals surface area (Å²) in [5, 5.41) is 2.73. The molecule has 2 aliphatic rings. The zero-order chi connectivity index (χ0) is 22.8. The third-order valence-electron chi connectivity index (χ3n) is 5.98. The van der Waals surface area contributed by atoms with Crippen LogP contribution in [0.2, 0.25) is 0 Å². The maximum atomic E-state index is 13.7. The molecule has 0 aliphatic carbocycles. The summed E-state index contributed by atoms with van der Waals surface area (Å²) < 4.78 is 5.42. The lowest BCUT2D eigenvalue weighted by Gasteiger charge is -2.32. The molecule has 7 heteroatoms. The predicted octanol–water partition coefficient (Wildman–Crippen LogP) is 3.67. The van der Waals surface area contributed by atoms with E-state index in [1.807, 2.05) is 4.90 Å². The van der Waals surface area contributed by atoms with E-state index in [0.29, 0.717) is 39.9 Å². The van der Waals surface area contributed by atoms with E-state index in [-0.39, 0.29) is 17.7 Å². The van der Waals surface area contributed by atoms with Gasteiger partial charge in [0.1, 0.15) is 11.4 Å². The van der Waals surface area contributed by atoms with Crippen molar-refractivity contribution in [3.05, 3.63) is 59.8 Å². The third kappa shape index (κ3) is 3.98. The molecule has 3 amide bonds. The third-order valence-corrected chi connectivity index (χ3v) is 5.98. The number of carbonyl (C=O) groups excluding carboxylic acids is 3. The second-order valence-electron chi connectivity index (χ2n) is 8.27. The molecule has 0 aromatic heterocycles. The van der Waals surface area contributed by atoms with Crippen LogP contribution in [0.5, 0.6) is 5.75 Å². The fraction of sp³-hybridized carbons (Fsp3) is 0.320. The van der Waals surface area contributed by atoms with E-state index in [1.165, 1.54) is 18.9 Å². The van der Waals surface area contributed by atoms with Crippen LogP contribution in [0.1, 0.15) is 32.3 Å². The number of hydrogen-bond donors (Lipinski definition) is 1. The van der Waals surface area contributed by atoms with Crippen molar-refractivity contribution in [3.8, 4) is 5.75 Å². The van der Waals surface area contributed by atoms with Crippen LogP contribution in [0.4, 0.5) is 11.4 Å². The summed E-state index contributed by atoms with van der Waals surface area (Å²) in [6.45, 7) is 5.10. The van der Waals surface area contributed by atoms with E-state index >= 15 is 0 Å². The Kier molecular flexibility index (Phi) is 5.99. The van der Waals surface area contributed by atoms with Crippen molar-refractivity contribution in [1.29, 1.82) is 0 Å². The molecule has 0 atom stereocenters. The minimum Gasteiger partial charge on any atom is -0.495 e. The number of piperidine rings is 1. The lowest BCUT2D eigenvalue weighted by molar-refractivity contribution is -0.121. The molecule has 0 unspecified atom stereocenters. The Morgan fingerprint density at radius 1 is 1.00 bits per heavy atom. The maximum Gasteiger partial charge on any atom is 0.282 e. The van der Waals surface area contributed by atoms with Crippen LogP contribution >= 0.6 is 0 Å². The number of nitrogens with zero attached hydrogens (tertiary/aromatic N) is 2. The van der Waals surface area contributed by atoms with Crippen molar-refractivity contribution in [2.45, 2.75) is 26.7 Å². The highest BCUT2D eigenvalue weighted by atomic mass is 16.5. The Hall–Kier alpha value is -3.61. The minimum atomic E-state index is -0.375. The van der Waals surface area contributed by atoms with Crippen molar-refractivity contribution >= 4 is 34.7 Å². The first-order valence-corrected chi connectivity index (χ1v) is 10.8. The Bertz CT molecular complexity index is 1080. The Morgan fingerprint density at radius 2 is 1.66 bits per heavy atom. The number of carbonyl (C=O) groups is 3. The van der Waals surface area contributed by atoms with Crippen LogP contribution in [-0.4, -0.2) is 42.8 Å². The van der Waals surface area contributed by atoms with Crippen molar-refractivity contribution in [2.75, 3.05) is 30.4 Å². The molecular formula is C25H27N3O4. The van der Waals surface area contributed by atoms with Crippen LogP contribution in [0.25, 0.3) is 5.57 Å². The smallest absolute Gasteiger partial charge is 0.282 e. The predicted molar refractivity (Wildman–Crippen MR) is 123 cm³/mol. The lowest BCUT2D eigenvalue weighted by Crippen LogP contribution is -2.38. The number of para-hydroxylation sites is 2. The summed E-state index contributed by atoms with van der Waals surface area (Å²) in [5.41, 5.74) is 2.51. The zero-order valence-electron chi connectivity index (χ0n) is 18.6. The summed E-state index contributed by atoms with van der Waals surface area (Å²) in [6, 6.07) is 14.0. The number of hydrogen-bond acceptors (Lipinski definition) is 5. The molecule has 2 aromatic carbocycles. The Morgan fingerprint density at radius 3 is 2.28 bits per heavy atom. The molecule has 1 N–H and O–H groups in total. The summed E-state index contributed by atoms with van der Waals surface area (Å²) in [4.78, 5) is 41.9. The van der Waals surface area contributed by atoms with Gasteiger partial charge in [-0.3, -0.25) is 14.4 Å². The second-order valence-corrected chi connectivity index (χ2v) is 8.27. The van der Waals surface area contributed by atoms with Crippen LogP contribution in [0, 0.1) is 5.92 Å². The second kappa shape index (κ2) is 8.86. The minimum absolute atomic E-state index is 0.172. The molecule has 7 nitrogen and oxygen atoms in total. The van der Waals surface area contributed by atoms with Gasteiger partial charge in [0.2, 0.25) is 5.91 Å². The average molecular weight is 434 g/mol. The molecule has 32 heavy (non-hydrogen) atoms. The molecule has 1 fully saturated rings. The van der Waals surface area contributed by atoms with Crippen LogP contribution in [0.3, 0.4) is 0 Å². The fourth-order valence-electron chi connectivity index (χ4n) is 4.26. The van der Waals surface area contributed by atoms with Gasteiger partial charge in [0.15, 0.2) is 0 Å². The molecule has 2 aromatic rings. The molecular weight excluding hydrogens is 406 g/mol. The van der Waals surface area contributed by atoms with Gasteiger partial charge in [-0.2, -0.15) is 0 Å². The van der Waals surface area contributed by atoms with Gasteiger partial charge in [0.25, 0.3) is 11.8 Å². The molecule has 0 spiro atoms. The topological polar surface area (TPSA) is 79.0 Å². The van der Waals surface area contributed by atoms with Gasteiger partial charge in [0.05, 0.1) is 18.4 Å². The van der Waals surface area contributed by atoms with E-state index < -0.39 is 0 Å². The fourth-order valence-corrected chi connectivity index (χ4v) is 4.26. The molecule has 4 rings (SSSR count). The van der Waals surface area contributed by atoms with Gasteiger partial charge < -0.3 is 15.0 Å². The van der Waals surface area contributed by atoms with Crippen LogP contribution < -0.4 is 15.0 Å². The van der Waals surface area contributed by atoms with E-state index in [4.69, 9.17) is 4.74 Å². The molecule has 2 aliphatic heterocycles. The summed E-state index contributed by atoms with van der Waals surface area (Å²) in [6.07, 6.45) is 1.93. The highest BCUT2D eigenvalue weighted by Crippen LogP contribution is 2.39. The number of anilines is 2. The molecule has 1 saturated heterocycles. The van der Waals surface area contributed by atoms with E-state index in [1.54, 1.807) is 48.5 Å². The van der Waals surface area contributed by atoms with Crippen molar-refractivity contribution in [2.24, 2.45) is 5.92 Å². The van der Waals surface area contributed by atoms with Gasteiger partial charge in [-0.05, 0) is 48.6 Å². The van der Waals surface area contributed by atoms with Gasteiger partial charge in [-0.15, -0.1) is 0 Å². The lowest BCUT2D eigenvalue weighted by atomic mass is 9.97. The van der Waals surface area contributed by atoms with Gasteiger partial charge in [-0.25, -0.2) is 4.90 Å². The Balaban J connectivity index is 1.79. The van der Waals surface area contributed by atoms with Gasteiger partial charge >= 0.3 is 0 Å². The zero-order valence-corrected chi connectivity index (χ0v) is 18.6. The number of benzene rings is 2. The number of amides is 3. The number of rotatable bonds is 5. The molecule has 0 radical (unpaired) electrons. The number of nitrogens with one attached hydrogen (secondary N) is 1. The van der Waals surface area contributed by atoms with Crippen molar-refractivity contribution in [3.63, 3.8) is 0 Å². The number of methoxy groups -OCH3 is 1. The monoisotopic (exact) mass is 433 g/mol. The first-order valence-electron chi connectivity index (χ1n) is 10.8. The normalized spacial score (nSPS) is 17.2. The van der Waals surface area contributed by atoms with Crippen LogP contribution in [-0.2, 0) is 14.4 Å². The van der Waals surface area contributed by atoms with Crippen molar-refractivity contribution in [1.82, 2.24) is 4.90 Å². The van der Waals surface area contributed by atoms with E-state index in [0.717, 1.165) is 25.9 Å². The Labute approximate surface area is 187 Å². The highest BCUT2D eigenvalue weighted by molar-refractivity contribution is 6.45. The standard InChI is InChI=1S/C25H27N3O4/c1-16-12-14-27(15-13-16)23-22(18-8-10-19(11-9-18)26-17(2)29)24(30)28(25(23)31)20-6-4-5-7-21(20)32-3/h4-11,16H,12-15H2,1-3H3,(H,26,29). The van der Waals surface area contributed by atoms with E-state index in [9.17, 15) is 14.4 Å². The van der Waals surface area contributed by atoms with E-state index in [2.05, 4.69) is 12.2 Å².